The van der Waals surface area contributed by atoms with Crippen LogP contribution in [0.15, 0.2) is 49.2 Å². The Morgan fingerprint density at radius 2 is 2.03 bits per heavy atom. The molecule has 29 heavy (non-hydrogen) atoms. The van der Waals surface area contributed by atoms with Crippen LogP contribution in [0.4, 0.5) is 20.4 Å². The number of rotatable bonds is 5. The number of hydrogen-bond donors (Lipinski definition) is 3. The summed E-state index contributed by atoms with van der Waals surface area (Å²) in [6.07, 6.45) is 1.55. The Morgan fingerprint density at radius 1 is 1.21 bits per heavy atom. The van der Waals surface area contributed by atoms with Gasteiger partial charge in [0, 0.05) is 23.5 Å². The quantitative estimate of drug-likeness (QED) is 0.473. The summed E-state index contributed by atoms with van der Waals surface area (Å²) in [4.78, 5) is 8.52. The predicted octanol–water partition coefficient (Wildman–Crippen LogP) is 3.98. The number of nitrogens with one attached hydrogen (secondary N) is 2. The van der Waals surface area contributed by atoms with Gasteiger partial charge in [-0.05, 0) is 35.9 Å². The molecular weight excluding hydrogens is 378 g/mol. The van der Waals surface area contributed by atoms with Gasteiger partial charge in [-0.2, -0.15) is 10.1 Å². The number of ether oxygens (including phenoxy) is 1. The summed E-state index contributed by atoms with van der Waals surface area (Å²) in [6, 6.07) is 8.58. The van der Waals surface area contributed by atoms with Crippen LogP contribution in [0.25, 0.3) is 28.0 Å². The molecule has 0 spiro atoms. The van der Waals surface area contributed by atoms with Gasteiger partial charge in [-0.25, -0.2) is 13.8 Å². The number of benzene rings is 2. The molecule has 0 fully saturated rings. The minimum atomic E-state index is -0.748. The van der Waals surface area contributed by atoms with Crippen molar-refractivity contribution in [1.82, 2.24) is 20.2 Å². The molecule has 4 aromatic rings. The summed E-state index contributed by atoms with van der Waals surface area (Å²) in [5.74, 6) is -0.685. The minimum Gasteiger partial charge on any atom is -0.496 e. The molecule has 2 aromatic heterocycles. The normalized spacial score (nSPS) is 10.9. The van der Waals surface area contributed by atoms with Gasteiger partial charge in [0.05, 0.1) is 18.2 Å². The number of fused-ring (bicyclic) bond motifs is 1. The van der Waals surface area contributed by atoms with Crippen molar-refractivity contribution >= 4 is 28.4 Å². The molecular formula is C20H16F2N6O. The molecule has 9 heteroatoms. The third-order valence-electron chi connectivity index (χ3n) is 4.32. The maximum Gasteiger partial charge on any atom is 0.229 e. The average molecular weight is 394 g/mol. The summed E-state index contributed by atoms with van der Waals surface area (Å²) < 4.78 is 32.3. The van der Waals surface area contributed by atoms with E-state index in [9.17, 15) is 8.78 Å². The van der Waals surface area contributed by atoms with E-state index in [0.717, 1.165) is 17.7 Å². The van der Waals surface area contributed by atoms with Crippen LogP contribution in [0.1, 0.15) is 5.56 Å². The third kappa shape index (κ3) is 3.45. The molecule has 4 rings (SSSR count). The van der Waals surface area contributed by atoms with E-state index in [4.69, 9.17) is 10.5 Å². The lowest BCUT2D eigenvalue weighted by atomic mass is 10.0. The Bertz CT molecular complexity index is 1240. The Balaban J connectivity index is 1.74. The second-order valence-corrected chi connectivity index (χ2v) is 6.22. The molecule has 0 saturated heterocycles. The van der Waals surface area contributed by atoms with Crippen LogP contribution in [0.3, 0.4) is 0 Å². The van der Waals surface area contributed by atoms with Crippen molar-refractivity contribution in [2.45, 2.75) is 0 Å². The zero-order valence-electron chi connectivity index (χ0n) is 15.3. The fourth-order valence-corrected chi connectivity index (χ4v) is 2.88. The lowest BCUT2D eigenvalue weighted by Crippen LogP contribution is -1.99. The number of methoxy groups -OCH3 is 1. The van der Waals surface area contributed by atoms with Crippen LogP contribution in [-0.2, 0) is 0 Å². The maximum atomic E-state index is 13.9. The fourth-order valence-electron chi connectivity index (χ4n) is 2.88. The summed E-state index contributed by atoms with van der Waals surface area (Å²) in [6.45, 7) is 3.75. The summed E-state index contributed by atoms with van der Waals surface area (Å²) in [5.41, 5.74) is 8.70. The molecule has 0 bridgehead atoms. The Morgan fingerprint density at radius 3 is 2.76 bits per heavy atom. The highest BCUT2D eigenvalue weighted by Crippen LogP contribution is 2.34. The molecule has 0 aliphatic carbocycles. The highest BCUT2D eigenvalue weighted by atomic mass is 19.1. The Hall–Kier alpha value is -4.01. The average Bonchev–Trinajstić information content (AvgIpc) is 3.12. The largest absolute Gasteiger partial charge is 0.496 e. The van der Waals surface area contributed by atoms with E-state index in [-0.39, 0.29) is 11.6 Å². The first-order chi connectivity index (χ1) is 14.0. The zero-order valence-corrected chi connectivity index (χ0v) is 15.3. The number of aromatic nitrogens is 4. The van der Waals surface area contributed by atoms with Gasteiger partial charge in [-0.1, -0.05) is 6.58 Å². The summed E-state index contributed by atoms with van der Waals surface area (Å²) >= 11 is 0. The number of aromatic amines is 1. The predicted molar refractivity (Wildman–Crippen MR) is 107 cm³/mol. The standard InChI is InChI=1S/C20H16F2N6O/c1-10(23)11-3-6-17(29-2)13(7-11)18-14-9-24-20(26-19(14)28-27-18)25-16-5-4-12(21)8-15(16)22/h3-9H,1,23H2,2H3,(H2,24,25,26,27,28). The summed E-state index contributed by atoms with van der Waals surface area (Å²) in [5, 5.41) is 10.5. The minimum absolute atomic E-state index is 0.0568. The molecule has 0 unspecified atom stereocenters. The van der Waals surface area contributed by atoms with Gasteiger partial charge in [-0.15, -0.1) is 0 Å². The molecule has 0 atom stereocenters. The van der Waals surface area contributed by atoms with Crippen molar-refractivity contribution in [1.29, 1.82) is 0 Å². The SMILES string of the molecule is C=C(N)c1ccc(OC)c(-c2n[nH]c3nc(Nc4ccc(F)cc4F)ncc23)c1. The van der Waals surface area contributed by atoms with Crippen molar-refractivity contribution in [3.05, 3.63) is 66.4 Å². The van der Waals surface area contributed by atoms with Crippen LogP contribution >= 0.6 is 0 Å². The first-order valence-electron chi connectivity index (χ1n) is 8.52. The van der Waals surface area contributed by atoms with Gasteiger partial charge in [-0.3, -0.25) is 5.10 Å². The number of halogens is 2. The smallest absolute Gasteiger partial charge is 0.229 e. The zero-order chi connectivity index (χ0) is 20.5. The molecule has 0 radical (unpaired) electrons. The van der Waals surface area contributed by atoms with Crippen LogP contribution in [0.5, 0.6) is 5.75 Å². The topological polar surface area (TPSA) is 102 Å². The van der Waals surface area contributed by atoms with Gasteiger partial charge in [0.25, 0.3) is 0 Å². The van der Waals surface area contributed by atoms with Gasteiger partial charge in [0.1, 0.15) is 23.1 Å². The van der Waals surface area contributed by atoms with Crippen LogP contribution in [-0.4, -0.2) is 27.3 Å². The number of nitrogens with two attached hydrogens (primary N) is 1. The lowest BCUT2D eigenvalue weighted by molar-refractivity contribution is 0.416. The molecule has 7 nitrogen and oxygen atoms in total. The van der Waals surface area contributed by atoms with E-state index in [2.05, 4.69) is 32.1 Å². The van der Waals surface area contributed by atoms with Gasteiger partial charge in [0.2, 0.25) is 5.95 Å². The third-order valence-corrected chi connectivity index (χ3v) is 4.32. The Kier molecular flexibility index (Phi) is 4.55. The van der Waals surface area contributed by atoms with Crippen molar-refractivity contribution in [3.63, 3.8) is 0 Å². The molecule has 146 valence electrons. The van der Waals surface area contributed by atoms with Crippen LogP contribution in [0.2, 0.25) is 0 Å². The highest BCUT2D eigenvalue weighted by molar-refractivity contribution is 5.93. The number of H-pyrrole nitrogens is 1. The fraction of sp³-hybridized carbons (Fsp3) is 0.0500. The van der Waals surface area contributed by atoms with Crippen molar-refractivity contribution in [2.75, 3.05) is 12.4 Å². The Labute approximate surface area is 164 Å². The van der Waals surface area contributed by atoms with Crippen LogP contribution in [0, 0.1) is 11.6 Å². The van der Waals surface area contributed by atoms with Crippen molar-refractivity contribution in [2.24, 2.45) is 5.73 Å². The van der Waals surface area contributed by atoms with E-state index in [1.165, 1.54) is 6.07 Å². The monoisotopic (exact) mass is 394 g/mol. The van der Waals surface area contributed by atoms with Crippen molar-refractivity contribution in [3.8, 4) is 17.0 Å². The van der Waals surface area contributed by atoms with Gasteiger partial charge >= 0.3 is 0 Å². The molecule has 0 aliphatic rings. The van der Waals surface area contributed by atoms with E-state index in [1.807, 2.05) is 6.07 Å². The van der Waals surface area contributed by atoms with Gasteiger partial charge < -0.3 is 15.8 Å². The molecule has 4 N–H and O–H groups in total. The number of anilines is 2. The van der Waals surface area contributed by atoms with Gasteiger partial charge in [0.15, 0.2) is 5.65 Å². The first-order valence-corrected chi connectivity index (χ1v) is 8.52. The molecule has 0 saturated carbocycles. The van der Waals surface area contributed by atoms with Crippen LogP contribution < -0.4 is 15.8 Å². The number of nitrogens with zero attached hydrogens (tertiary/aromatic N) is 3. The van der Waals surface area contributed by atoms with Crippen molar-refractivity contribution < 1.29 is 13.5 Å². The molecule has 2 heterocycles. The molecule has 2 aromatic carbocycles. The van der Waals surface area contributed by atoms with E-state index in [0.29, 0.717) is 33.7 Å². The van der Waals surface area contributed by atoms with E-state index >= 15 is 0 Å². The van der Waals surface area contributed by atoms with E-state index in [1.54, 1.807) is 25.4 Å². The van der Waals surface area contributed by atoms with E-state index < -0.39 is 11.6 Å². The number of hydrogen-bond acceptors (Lipinski definition) is 6. The summed E-state index contributed by atoms with van der Waals surface area (Å²) in [7, 11) is 1.56. The second kappa shape index (κ2) is 7.19. The lowest BCUT2D eigenvalue weighted by Gasteiger charge is -2.09. The second-order valence-electron chi connectivity index (χ2n) is 6.22. The molecule has 0 amide bonds. The first kappa shape index (κ1) is 18.4. The molecule has 0 aliphatic heterocycles. The maximum absolute atomic E-state index is 13.9. The highest BCUT2D eigenvalue weighted by Gasteiger charge is 2.16.